The average molecular weight is 341 g/mol. The summed E-state index contributed by atoms with van der Waals surface area (Å²) >= 11 is 0. The molecular formula is C16H15N5O4. The van der Waals surface area contributed by atoms with Gasteiger partial charge < -0.3 is 14.4 Å². The molecule has 0 saturated heterocycles. The summed E-state index contributed by atoms with van der Waals surface area (Å²) < 4.78 is 13.0. The van der Waals surface area contributed by atoms with Gasteiger partial charge in [-0.15, -0.1) is 0 Å². The zero-order chi connectivity index (χ0) is 17.6. The van der Waals surface area contributed by atoms with Crippen molar-refractivity contribution in [3.63, 3.8) is 0 Å². The second kappa shape index (κ2) is 5.62. The summed E-state index contributed by atoms with van der Waals surface area (Å²) in [5, 5.41) is 4.20. The van der Waals surface area contributed by atoms with Crippen LogP contribution in [0.1, 0.15) is 10.5 Å². The van der Waals surface area contributed by atoms with Gasteiger partial charge in [0.05, 0.1) is 13.7 Å². The molecule has 3 aromatic rings. The molecule has 3 aromatic heterocycles. The zero-order valence-electron chi connectivity index (χ0n) is 13.7. The molecule has 0 unspecified atom stereocenters. The van der Waals surface area contributed by atoms with Gasteiger partial charge in [0.25, 0.3) is 0 Å². The van der Waals surface area contributed by atoms with Crippen molar-refractivity contribution in [1.82, 2.24) is 19.2 Å². The minimum absolute atomic E-state index is 0.190. The highest BCUT2D eigenvalue weighted by Crippen LogP contribution is 2.35. The van der Waals surface area contributed by atoms with Crippen molar-refractivity contribution in [2.45, 2.75) is 0 Å². The Hall–Kier alpha value is -3.36. The number of rotatable bonds is 2. The molecule has 0 atom stereocenters. The Bertz CT molecular complexity index is 1040. The molecule has 0 N–H and O–H groups in total. The standard InChI is InChI=1S/C16H15N5O4/c1-19-16(23)21-6-5-10(9-13(21)18-19)20-7-8-25-14-12(20)4-3-11(17-14)15(22)24-2/h3-6,9H,7-8H2,1-2H3. The minimum Gasteiger partial charge on any atom is -0.474 e. The number of carbonyl (C=O) groups is 1. The maximum Gasteiger partial charge on any atom is 0.356 e. The molecule has 1 aliphatic rings. The van der Waals surface area contributed by atoms with E-state index < -0.39 is 5.97 Å². The Labute approximate surface area is 142 Å². The lowest BCUT2D eigenvalue weighted by molar-refractivity contribution is 0.0592. The van der Waals surface area contributed by atoms with E-state index in [-0.39, 0.29) is 11.4 Å². The molecule has 0 aliphatic carbocycles. The molecule has 4 heterocycles. The SMILES string of the molecule is COC(=O)c1ccc2c(n1)OCCN2c1ccn2c(=O)n(C)nc2c1. The molecule has 128 valence electrons. The van der Waals surface area contributed by atoms with Gasteiger partial charge in [-0.05, 0) is 18.2 Å². The second-order valence-electron chi connectivity index (χ2n) is 5.53. The molecule has 0 spiro atoms. The highest BCUT2D eigenvalue weighted by molar-refractivity contribution is 5.88. The fourth-order valence-electron chi connectivity index (χ4n) is 2.82. The maximum atomic E-state index is 11.9. The third-order valence-corrected chi connectivity index (χ3v) is 4.04. The quantitative estimate of drug-likeness (QED) is 0.635. The van der Waals surface area contributed by atoms with E-state index in [0.29, 0.717) is 24.7 Å². The second-order valence-corrected chi connectivity index (χ2v) is 5.53. The van der Waals surface area contributed by atoms with E-state index in [2.05, 4.69) is 14.8 Å². The molecule has 0 saturated carbocycles. The van der Waals surface area contributed by atoms with E-state index in [0.717, 1.165) is 11.4 Å². The van der Waals surface area contributed by atoms with E-state index >= 15 is 0 Å². The third kappa shape index (κ3) is 2.40. The third-order valence-electron chi connectivity index (χ3n) is 4.04. The fourth-order valence-corrected chi connectivity index (χ4v) is 2.82. The number of methoxy groups -OCH3 is 1. The minimum atomic E-state index is -0.516. The van der Waals surface area contributed by atoms with Crippen molar-refractivity contribution < 1.29 is 14.3 Å². The predicted molar refractivity (Wildman–Crippen MR) is 88.5 cm³/mol. The van der Waals surface area contributed by atoms with Gasteiger partial charge in [0.1, 0.15) is 12.3 Å². The number of pyridine rings is 2. The van der Waals surface area contributed by atoms with Crippen LogP contribution in [0, 0.1) is 0 Å². The van der Waals surface area contributed by atoms with E-state index in [1.165, 1.54) is 16.2 Å². The number of nitrogens with zero attached hydrogens (tertiary/aromatic N) is 5. The number of anilines is 2. The summed E-state index contributed by atoms with van der Waals surface area (Å²) in [6, 6.07) is 7.02. The van der Waals surface area contributed by atoms with Gasteiger partial charge in [-0.2, -0.15) is 5.10 Å². The van der Waals surface area contributed by atoms with Gasteiger partial charge >= 0.3 is 11.7 Å². The molecular weight excluding hydrogens is 326 g/mol. The first-order valence-electron chi connectivity index (χ1n) is 7.63. The number of aromatic nitrogens is 4. The molecule has 0 aromatic carbocycles. The zero-order valence-corrected chi connectivity index (χ0v) is 13.7. The molecule has 0 fully saturated rings. The molecule has 4 rings (SSSR count). The van der Waals surface area contributed by atoms with Gasteiger partial charge in [-0.25, -0.2) is 19.3 Å². The molecule has 1 aliphatic heterocycles. The van der Waals surface area contributed by atoms with Gasteiger partial charge in [-0.1, -0.05) is 0 Å². The average Bonchev–Trinajstić information content (AvgIpc) is 2.93. The maximum absolute atomic E-state index is 11.9. The lowest BCUT2D eigenvalue weighted by Crippen LogP contribution is -2.29. The van der Waals surface area contributed by atoms with E-state index in [1.807, 2.05) is 17.0 Å². The van der Waals surface area contributed by atoms with Crippen LogP contribution in [0.15, 0.2) is 35.3 Å². The van der Waals surface area contributed by atoms with E-state index in [4.69, 9.17) is 4.74 Å². The molecule has 0 radical (unpaired) electrons. The van der Waals surface area contributed by atoms with Crippen molar-refractivity contribution in [3.8, 4) is 5.88 Å². The van der Waals surface area contributed by atoms with Crippen molar-refractivity contribution in [2.24, 2.45) is 7.05 Å². The van der Waals surface area contributed by atoms with Crippen LogP contribution < -0.4 is 15.3 Å². The number of carbonyl (C=O) groups excluding carboxylic acids is 1. The van der Waals surface area contributed by atoms with E-state index in [9.17, 15) is 9.59 Å². The van der Waals surface area contributed by atoms with Gasteiger partial charge in [0.15, 0.2) is 11.3 Å². The highest BCUT2D eigenvalue weighted by atomic mass is 16.5. The first-order chi connectivity index (χ1) is 12.1. The Morgan fingerprint density at radius 3 is 2.96 bits per heavy atom. The van der Waals surface area contributed by atoms with Crippen LogP contribution in [0.4, 0.5) is 11.4 Å². The number of ether oxygens (including phenoxy) is 2. The summed E-state index contributed by atoms with van der Waals surface area (Å²) in [7, 11) is 2.91. The summed E-state index contributed by atoms with van der Waals surface area (Å²) in [4.78, 5) is 29.8. The van der Waals surface area contributed by atoms with Crippen molar-refractivity contribution >= 4 is 23.0 Å². The Kier molecular flexibility index (Phi) is 3.41. The van der Waals surface area contributed by atoms with Crippen LogP contribution in [-0.2, 0) is 11.8 Å². The van der Waals surface area contributed by atoms with Crippen molar-refractivity contribution in [1.29, 1.82) is 0 Å². The molecule has 0 bridgehead atoms. The lowest BCUT2D eigenvalue weighted by Gasteiger charge is -2.30. The predicted octanol–water partition coefficient (Wildman–Crippen LogP) is 0.745. The number of esters is 1. The summed E-state index contributed by atoms with van der Waals surface area (Å²) in [6.07, 6.45) is 1.69. The molecule has 25 heavy (non-hydrogen) atoms. The summed E-state index contributed by atoms with van der Waals surface area (Å²) in [6.45, 7) is 1.03. The number of hydrogen-bond donors (Lipinski definition) is 0. The normalized spacial score (nSPS) is 13.4. The molecule has 0 amide bonds. The van der Waals surface area contributed by atoms with Crippen LogP contribution in [0.2, 0.25) is 0 Å². The first kappa shape index (κ1) is 15.2. The van der Waals surface area contributed by atoms with Gasteiger partial charge in [0.2, 0.25) is 5.88 Å². The van der Waals surface area contributed by atoms with Crippen LogP contribution in [-0.4, -0.2) is 45.4 Å². The van der Waals surface area contributed by atoms with Crippen molar-refractivity contribution in [3.05, 3.63) is 46.6 Å². The van der Waals surface area contributed by atoms with Crippen molar-refractivity contribution in [2.75, 3.05) is 25.2 Å². The highest BCUT2D eigenvalue weighted by Gasteiger charge is 2.23. The number of hydrogen-bond acceptors (Lipinski definition) is 7. The smallest absolute Gasteiger partial charge is 0.356 e. The van der Waals surface area contributed by atoms with Crippen LogP contribution in [0.3, 0.4) is 0 Å². The summed E-state index contributed by atoms with van der Waals surface area (Å²) in [5.74, 6) is -0.148. The summed E-state index contributed by atoms with van der Waals surface area (Å²) in [5.41, 5.74) is 2.14. The largest absolute Gasteiger partial charge is 0.474 e. The van der Waals surface area contributed by atoms with Gasteiger partial charge in [0, 0.05) is 25.0 Å². The molecule has 9 heteroatoms. The van der Waals surface area contributed by atoms with Crippen LogP contribution >= 0.6 is 0 Å². The molecule has 9 nitrogen and oxygen atoms in total. The number of fused-ring (bicyclic) bond motifs is 2. The van der Waals surface area contributed by atoms with E-state index in [1.54, 1.807) is 25.4 Å². The Morgan fingerprint density at radius 2 is 2.16 bits per heavy atom. The monoisotopic (exact) mass is 341 g/mol. The fraction of sp³-hybridized carbons (Fsp3) is 0.250. The first-order valence-corrected chi connectivity index (χ1v) is 7.63. The Balaban J connectivity index is 1.78. The lowest BCUT2D eigenvalue weighted by atomic mass is 10.2. The van der Waals surface area contributed by atoms with Crippen LogP contribution in [0.5, 0.6) is 5.88 Å². The van der Waals surface area contributed by atoms with Gasteiger partial charge in [-0.3, -0.25) is 4.40 Å². The Morgan fingerprint density at radius 1 is 1.32 bits per heavy atom. The topological polar surface area (TPSA) is 91.0 Å². The number of aryl methyl sites for hydroxylation is 1. The van der Waals surface area contributed by atoms with Crippen LogP contribution in [0.25, 0.3) is 5.65 Å².